The number of carbonyl (C=O) groups excluding carboxylic acids is 1. The SMILES string of the molecule is CS(=O)(=O)N(CC(=O)NC[C@H]1COc2ccccc2O1)c1ccc(C(F)(F)F)cc1. The van der Waals surface area contributed by atoms with Crippen molar-refractivity contribution in [3.05, 3.63) is 54.1 Å². The molecule has 30 heavy (non-hydrogen) atoms. The molecule has 1 amide bonds. The first-order valence-electron chi connectivity index (χ1n) is 8.84. The third kappa shape index (κ3) is 5.35. The summed E-state index contributed by atoms with van der Waals surface area (Å²) in [6, 6.07) is 10.6. The number of ether oxygens (including phenoxy) is 2. The molecule has 7 nitrogen and oxygen atoms in total. The molecule has 0 spiro atoms. The number of anilines is 1. The summed E-state index contributed by atoms with van der Waals surface area (Å²) in [6.45, 7) is -0.321. The Hall–Kier alpha value is -2.95. The van der Waals surface area contributed by atoms with Crippen LogP contribution >= 0.6 is 0 Å². The summed E-state index contributed by atoms with van der Waals surface area (Å²) in [6.07, 6.45) is -4.15. The minimum atomic E-state index is -4.55. The van der Waals surface area contributed by atoms with Crippen LogP contribution in [0.15, 0.2) is 48.5 Å². The van der Waals surface area contributed by atoms with Crippen molar-refractivity contribution in [3.8, 4) is 11.5 Å². The largest absolute Gasteiger partial charge is 0.486 e. The lowest BCUT2D eigenvalue weighted by molar-refractivity contribution is -0.137. The van der Waals surface area contributed by atoms with E-state index in [1.54, 1.807) is 24.3 Å². The fourth-order valence-electron chi connectivity index (χ4n) is 2.79. The zero-order valence-corrected chi connectivity index (χ0v) is 16.7. The van der Waals surface area contributed by atoms with Gasteiger partial charge in [-0.15, -0.1) is 0 Å². The van der Waals surface area contributed by atoms with Crippen molar-refractivity contribution in [1.29, 1.82) is 0 Å². The lowest BCUT2D eigenvalue weighted by atomic mass is 10.2. The van der Waals surface area contributed by atoms with E-state index in [9.17, 15) is 26.4 Å². The lowest BCUT2D eigenvalue weighted by Crippen LogP contribution is -2.45. The van der Waals surface area contributed by atoms with Crippen LogP contribution in [0.1, 0.15) is 5.56 Å². The first kappa shape index (κ1) is 21.8. The van der Waals surface area contributed by atoms with Gasteiger partial charge in [-0.3, -0.25) is 9.10 Å². The number of para-hydroxylation sites is 2. The Bertz CT molecular complexity index is 1010. The summed E-state index contributed by atoms with van der Waals surface area (Å²) < 4.78 is 74.3. The van der Waals surface area contributed by atoms with Crippen LogP contribution < -0.4 is 19.1 Å². The van der Waals surface area contributed by atoms with Gasteiger partial charge in [0.15, 0.2) is 11.5 Å². The fraction of sp³-hybridized carbons (Fsp3) is 0.316. The number of amides is 1. The van der Waals surface area contributed by atoms with Crippen LogP contribution in [0.25, 0.3) is 0 Å². The number of nitrogens with one attached hydrogen (secondary N) is 1. The first-order chi connectivity index (χ1) is 14.0. The van der Waals surface area contributed by atoms with Crippen LogP contribution in [0.3, 0.4) is 0 Å². The Kier molecular flexibility index (Phi) is 6.11. The zero-order valence-electron chi connectivity index (χ0n) is 15.8. The molecule has 1 heterocycles. The van der Waals surface area contributed by atoms with E-state index in [-0.39, 0.29) is 18.8 Å². The average molecular weight is 444 g/mol. The van der Waals surface area contributed by atoms with Crippen molar-refractivity contribution in [3.63, 3.8) is 0 Å². The molecule has 0 radical (unpaired) electrons. The van der Waals surface area contributed by atoms with E-state index in [0.29, 0.717) is 11.5 Å². The molecule has 0 saturated carbocycles. The molecular weight excluding hydrogens is 425 g/mol. The van der Waals surface area contributed by atoms with E-state index in [2.05, 4.69) is 5.32 Å². The summed E-state index contributed by atoms with van der Waals surface area (Å²) in [5.41, 5.74) is -0.967. The second-order valence-corrected chi connectivity index (χ2v) is 8.52. The molecule has 162 valence electrons. The highest BCUT2D eigenvalue weighted by Crippen LogP contribution is 2.31. The minimum absolute atomic E-state index is 0.0492. The summed E-state index contributed by atoms with van der Waals surface area (Å²) in [5, 5.41) is 2.56. The van der Waals surface area contributed by atoms with E-state index >= 15 is 0 Å². The van der Waals surface area contributed by atoms with Gasteiger partial charge in [-0.25, -0.2) is 8.42 Å². The van der Waals surface area contributed by atoms with E-state index < -0.39 is 40.3 Å². The molecule has 0 aliphatic carbocycles. The van der Waals surface area contributed by atoms with Crippen LogP contribution in [-0.2, 0) is 21.0 Å². The number of halogens is 3. The third-order valence-electron chi connectivity index (χ3n) is 4.26. The summed E-state index contributed by atoms with van der Waals surface area (Å²) >= 11 is 0. The maximum atomic E-state index is 12.7. The molecule has 0 bridgehead atoms. The molecule has 0 aromatic heterocycles. The maximum absolute atomic E-state index is 12.7. The number of hydrogen-bond donors (Lipinski definition) is 1. The second kappa shape index (κ2) is 8.42. The van der Waals surface area contributed by atoms with Crippen LogP contribution in [0.5, 0.6) is 11.5 Å². The second-order valence-electron chi connectivity index (χ2n) is 6.62. The molecule has 3 rings (SSSR count). The number of fused-ring (bicyclic) bond motifs is 1. The van der Waals surface area contributed by atoms with Gasteiger partial charge < -0.3 is 14.8 Å². The van der Waals surface area contributed by atoms with E-state index in [0.717, 1.165) is 34.8 Å². The zero-order chi connectivity index (χ0) is 21.9. The van der Waals surface area contributed by atoms with Crippen molar-refractivity contribution in [2.75, 3.05) is 30.3 Å². The predicted octanol–water partition coefficient (Wildman–Crippen LogP) is 2.43. The topological polar surface area (TPSA) is 84.9 Å². The van der Waals surface area contributed by atoms with Crippen molar-refractivity contribution in [1.82, 2.24) is 5.32 Å². The Labute approximate surface area is 171 Å². The molecule has 11 heteroatoms. The van der Waals surface area contributed by atoms with Gasteiger partial charge in [0.25, 0.3) is 0 Å². The summed E-state index contributed by atoms with van der Waals surface area (Å²) in [4.78, 5) is 12.3. The van der Waals surface area contributed by atoms with Crippen molar-refractivity contribution >= 4 is 21.6 Å². The van der Waals surface area contributed by atoms with Gasteiger partial charge in [-0.05, 0) is 36.4 Å². The maximum Gasteiger partial charge on any atom is 0.416 e. The minimum Gasteiger partial charge on any atom is -0.486 e. The number of carbonyl (C=O) groups is 1. The van der Waals surface area contributed by atoms with Gasteiger partial charge >= 0.3 is 6.18 Å². The fourth-order valence-corrected chi connectivity index (χ4v) is 3.65. The molecule has 0 unspecified atom stereocenters. The highest BCUT2D eigenvalue weighted by Gasteiger charge is 2.31. The number of hydrogen-bond acceptors (Lipinski definition) is 5. The normalized spacial score (nSPS) is 16.1. The van der Waals surface area contributed by atoms with Gasteiger partial charge in [0.2, 0.25) is 15.9 Å². The standard InChI is InChI=1S/C19H19F3N2O5S/c1-30(26,27)24(14-8-6-13(7-9-14)19(20,21)22)11-18(25)23-10-15-12-28-16-4-2-3-5-17(16)29-15/h2-9,15H,10-12H2,1H3,(H,23,25)/t15-/m0/s1. The molecule has 1 aliphatic rings. The highest BCUT2D eigenvalue weighted by atomic mass is 32.2. The molecule has 2 aromatic rings. The first-order valence-corrected chi connectivity index (χ1v) is 10.7. The Morgan fingerprint density at radius 1 is 1.13 bits per heavy atom. The number of rotatable bonds is 6. The molecule has 0 saturated heterocycles. The molecule has 2 aromatic carbocycles. The van der Waals surface area contributed by atoms with Gasteiger partial charge in [-0.2, -0.15) is 13.2 Å². The van der Waals surface area contributed by atoms with Crippen molar-refractivity contribution in [2.45, 2.75) is 12.3 Å². The molecule has 1 N–H and O–H groups in total. The molecule has 1 atom stereocenters. The number of sulfonamides is 1. The Morgan fingerprint density at radius 3 is 2.37 bits per heavy atom. The molecule has 0 fully saturated rings. The molecule has 1 aliphatic heterocycles. The van der Waals surface area contributed by atoms with Crippen LogP contribution in [0.2, 0.25) is 0 Å². The van der Waals surface area contributed by atoms with Crippen molar-refractivity contribution < 1.29 is 35.9 Å². The lowest BCUT2D eigenvalue weighted by Gasteiger charge is -2.27. The predicted molar refractivity (Wildman–Crippen MR) is 103 cm³/mol. The highest BCUT2D eigenvalue weighted by molar-refractivity contribution is 7.92. The number of alkyl halides is 3. The van der Waals surface area contributed by atoms with Gasteiger partial charge in [-0.1, -0.05) is 12.1 Å². The van der Waals surface area contributed by atoms with E-state index in [1.165, 1.54) is 0 Å². The van der Waals surface area contributed by atoms with Crippen LogP contribution in [0, 0.1) is 0 Å². The van der Waals surface area contributed by atoms with Gasteiger partial charge in [0.1, 0.15) is 19.3 Å². The average Bonchev–Trinajstić information content (AvgIpc) is 2.69. The van der Waals surface area contributed by atoms with Crippen LogP contribution in [0.4, 0.5) is 18.9 Å². The summed E-state index contributed by atoms with van der Waals surface area (Å²) in [5.74, 6) is 0.485. The smallest absolute Gasteiger partial charge is 0.416 e. The number of nitrogens with zero attached hydrogens (tertiary/aromatic N) is 1. The van der Waals surface area contributed by atoms with E-state index in [4.69, 9.17) is 9.47 Å². The summed E-state index contributed by atoms with van der Waals surface area (Å²) in [7, 11) is -3.91. The van der Waals surface area contributed by atoms with Crippen LogP contribution in [-0.4, -0.2) is 46.4 Å². The Balaban J connectivity index is 1.62. The Morgan fingerprint density at radius 2 is 1.77 bits per heavy atom. The van der Waals surface area contributed by atoms with Gasteiger partial charge in [0.05, 0.1) is 24.1 Å². The van der Waals surface area contributed by atoms with E-state index in [1.807, 2.05) is 0 Å². The molecular formula is C19H19F3N2O5S. The number of benzene rings is 2. The third-order valence-corrected chi connectivity index (χ3v) is 5.41. The monoisotopic (exact) mass is 444 g/mol. The van der Waals surface area contributed by atoms with Crippen molar-refractivity contribution in [2.24, 2.45) is 0 Å². The van der Waals surface area contributed by atoms with Gasteiger partial charge in [0, 0.05) is 0 Å². The quantitative estimate of drug-likeness (QED) is 0.740.